The lowest BCUT2D eigenvalue weighted by Gasteiger charge is -2.17. The molecule has 0 amide bonds. The third kappa shape index (κ3) is 4.27. The summed E-state index contributed by atoms with van der Waals surface area (Å²) in [6, 6.07) is 2.30. The van der Waals surface area contributed by atoms with E-state index >= 15 is 0 Å². The van der Waals surface area contributed by atoms with Crippen LogP contribution in [0.25, 0.3) is 0 Å². The first-order valence-corrected chi connectivity index (χ1v) is 9.93. The highest BCUT2D eigenvalue weighted by Gasteiger charge is 2.25. The Morgan fingerprint density at radius 3 is 2.60 bits per heavy atom. The van der Waals surface area contributed by atoms with Gasteiger partial charge in [0, 0.05) is 23.5 Å². The van der Waals surface area contributed by atoms with Crippen LogP contribution in [0.15, 0.2) is 14.7 Å². The Bertz CT molecular complexity index is 565. The van der Waals surface area contributed by atoms with Crippen LogP contribution in [-0.4, -0.2) is 20.5 Å². The molecule has 1 atom stereocenters. The molecule has 0 aromatic carbocycles. The maximum atomic E-state index is 12.4. The Hall–Kier alpha value is 0.0500. The van der Waals surface area contributed by atoms with Gasteiger partial charge in [-0.15, -0.1) is 11.3 Å². The first-order valence-electron chi connectivity index (χ1n) is 6.83. The second-order valence-corrected chi connectivity index (χ2v) is 9.80. The first kappa shape index (κ1) is 16.4. The van der Waals surface area contributed by atoms with Crippen LogP contribution in [0.2, 0.25) is 0 Å². The van der Waals surface area contributed by atoms with Crippen LogP contribution in [0.5, 0.6) is 0 Å². The van der Waals surface area contributed by atoms with Crippen LogP contribution in [0.1, 0.15) is 38.5 Å². The van der Waals surface area contributed by atoms with Crippen molar-refractivity contribution in [3.63, 3.8) is 0 Å². The summed E-state index contributed by atoms with van der Waals surface area (Å²) in [6.45, 7) is 6.63. The molecule has 1 saturated carbocycles. The topological polar surface area (TPSA) is 58.2 Å². The van der Waals surface area contributed by atoms with Gasteiger partial charge in [0.15, 0.2) is 0 Å². The number of sulfonamides is 1. The van der Waals surface area contributed by atoms with Gasteiger partial charge in [0.25, 0.3) is 0 Å². The zero-order valence-electron chi connectivity index (χ0n) is 11.9. The second-order valence-electron chi connectivity index (χ2n) is 5.66. The zero-order chi connectivity index (χ0) is 14.9. The summed E-state index contributed by atoms with van der Waals surface area (Å²) >= 11 is 4.86. The van der Waals surface area contributed by atoms with Crippen molar-refractivity contribution in [2.24, 2.45) is 5.92 Å². The van der Waals surface area contributed by atoms with E-state index in [1.165, 1.54) is 24.2 Å². The van der Waals surface area contributed by atoms with Gasteiger partial charge >= 0.3 is 0 Å². The van der Waals surface area contributed by atoms with E-state index in [2.05, 4.69) is 26.0 Å². The number of thiophene rings is 1. The lowest BCUT2D eigenvalue weighted by atomic mass is 10.1. The standard InChI is InChI=1S/C13H21BrN2O2S2/c1-8(2)9(3)16-20(17,18)12-6-11(19-13(12)14)7-15-10-4-5-10/h6,8-10,15-16H,4-5,7H2,1-3H3. The van der Waals surface area contributed by atoms with Crippen molar-refractivity contribution in [1.82, 2.24) is 10.0 Å². The number of hydrogen-bond acceptors (Lipinski definition) is 4. The highest BCUT2D eigenvalue weighted by atomic mass is 79.9. The third-order valence-electron chi connectivity index (χ3n) is 3.48. The van der Waals surface area contributed by atoms with Crippen LogP contribution in [0, 0.1) is 5.92 Å². The van der Waals surface area contributed by atoms with Crippen LogP contribution < -0.4 is 10.0 Å². The molecule has 1 unspecified atom stereocenters. The lowest BCUT2D eigenvalue weighted by molar-refractivity contribution is 0.476. The van der Waals surface area contributed by atoms with E-state index in [4.69, 9.17) is 0 Å². The van der Waals surface area contributed by atoms with Crippen molar-refractivity contribution in [3.8, 4) is 0 Å². The van der Waals surface area contributed by atoms with Crippen molar-refractivity contribution in [3.05, 3.63) is 14.7 Å². The summed E-state index contributed by atoms with van der Waals surface area (Å²) in [5.74, 6) is 0.262. The van der Waals surface area contributed by atoms with E-state index in [1.54, 1.807) is 6.07 Å². The van der Waals surface area contributed by atoms with Crippen molar-refractivity contribution >= 4 is 37.3 Å². The molecule has 114 valence electrons. The fraction of sp³-hybridized carbons (Fsp3) is 0.692. The predicted molar refractivity (Wildman–Crippen MR) is 86.5 cm³/mol. The van der Waals surface area contributed by atoms with Gasteiger partial charge in [-0.1, -0.05) is 13.8 Å². The van der Waals surface area contributed by atoms with Crippen molar-refractivity contribution in [2.45, 2.75) is 57.1 Å². The molecule has 0 aliphatic heterocycles. The van der Waals surface area contributed by atoms with Gasteiger partial charge in [-0.05, 0) is 47.7 Å². The van der Waals surface area contributed by atoms with E-state index < -0.39 is 10.0 Å². The molecule has 0 saturated heterocycles. The van der Waals surface area contributed by atoms with Crippen molar-refractivity contribution < 1.29 is 8.42 Å². The third-order valence-corrected chi connectivity index (χ3v) is 7.29. The van der Waals surface area contributed by atoms with Crippen molar-refractivity contribution in [2.75, 3.05) is 0 Å². The second kappa shape index (κ2) is 6.44. The minimum atomic E-state index is -3.45. The predicted octanol–water partition coefficient (Wildman–Crippen LogP) is 3.09. The van der Waals surface area contributed by atoms with Gasteiger partial charge < -0.3 is 5.32 Å². The van der Waals surface area contributed by atoms with E-state index in [0.29, 0.717) is 14.7 Å². The summed E-state index contributed by atoms with van der Waals surface area (Å²) in [6.07, 6.45) is 2.45. The summed E-state index contributed by atoms with van der Waals surface area (Å²) in [4.78, 5) is 1.39. The number of hydrogen-bond donors (Lipinski definition) is 2. The molecule has 20 heavy (non-hydrogen) atoms. The molecular weight excluding hydrogens is 360 g/mol. The van der Waals surface area contributed by atoms with E-state index in [-0.39, 0.29) is 12.0 Å². The fourth-order valence-electron chi connectivity index (χ4n) is 1.64. The fourth-order valence-corrected chi connectivity index (χ4v) is 5.67. The van der Waals surface area contributed by atoms with Gasteiger partial charge in [0.05, 0.1) is 3.79 Å². The Morgan fingerprint density at radius 2 is 2.05 bits per heavy atom. The van der Waals surface area contributed by atoms with Crippen LogP contribution in [0.4, 0.5) is 0 Å². The Morgan fingerprint density at radius 1 is 1.40 bits per heavy atom. The monoisotopic (exact) mass is 380 g/mol. The average Bonchev–Trinajstić information content (AvgIpc) is 3.08. The Balaban J connectivity index is 2.09. The van der Waals surface area contributed by atoms with E-state index in [1.807, 2.05) is 20.8 Å². The molecule has 2 rings (SSSR count). The molecule has 7 heteroatoms. The molecule has 1 aliphatic rings. The number of nitrogens with one attached hydrogen (secondary N) is 2. The molecule has 0 spiro atoms. The van der Waals surface area contributed by atoms with E-state index in [0.717, 1.165) is 11.4 Å². The largest absolute Gasteiger partial charge is 0.309 e. The summed E-state index contributed by atoms with van der Waals surface area (Å²) in [5.41, 5.74) is 0. The summed E-state index contributed by atoms with van der Waals surface area (Å²) < 4.78 is 28.2. The van der Waals surface area contributed by atoms with Crippen LogP contribution >= 0.6 is 27.3 Å². The highest BCUT2D eigenvalue weighted by Crippen LogP contribution is 2.32. The minimum absolute atomic E-state index is 0.0835. The number of rotatable bonds is 7. The lowest BCUT2D eigenvalue weighted by Crippen LogP contribution is -2.36. The molecule has 1 aromatic heterocycles. The Labute approximate surface area is 133 Å². The molecule has 1 fully saturated rings. The molecule has 1 aromatic rings. The molecule has 0 radical (unpaired) electrons. The molecule has 1 aliphatic carbocycles. The van der Waals surface area contributed by atoms with Crippen LogP contribution in [-0.2, 0) is 16.6 Å². The smallest absolute Gasteiger partial charge is 0.242 e. The quantitative estimate of drug-likeness (QED) is 0.763. The van der Waals surface area contributed by atoms with Gasteiger partial charge in [-0.3, -0.25) is 0 Å². The Kier molecular flexibility index (Phi) is 5.29. The summed E-state index contributed by atoms with van der Waals surface area (Å²) in [7, 11) is -3.45. The van der Waals surface area contributed by atoms with Gasteiger partial charge in [0.1, 0.15) is 4.90 Å². The van der Waals surface area contributed by atoms with Gasteiger partial charge in [0.2, 0.25) is 10.0 Å². The molecule has 1 heterocycles. The molecule has 4 nitrogen and oxygen atoms in total. The summed E-state index contributed by atoms with van der Waals surface area (Å²) in [5, 5.41) is 3.40. The molecule has 2 N–H and O–H groups in total. The normalized spacial score (nSPS) is 17.6. The van der Waals surface area contributed by atoms with E-state index in [9.17, 15) is 8.42 Å². The zero-order valence-corrected chi connectivity index (χ0v) is 15.2. The molecule has 0 bridgehead atoms. The maximum Gasteiger partial charge on any atom is 0.242 e. The minimum Gasteiger partial charge on any atom is -0.309 e. The van der Waals surface area contributed by atoms with Gasteiger partial charge in [-0.25, -0.2) is 13.1 Å². The molecular formula is C13H21BrN2O2S2. The average molecular weight is 381 g/mol. The van der Waals surface area contributed by atoms with Gasteiger partial charge in [-0.2, -0.15) is 0 Å². The van der Waals surface area contributed by atoms with Crippen LogP contribution in [0.3, 0.4) is 0 Å². The first-order chi connectivity index (χ1) is 9.29. The van der Waals surface area contributed by atoms with Crippen molar-refractivity contribution in [1.29, 1.82) is 0 Å². The highest BCUT2D eigenvalue weighted by molar-refractivity contribution is 9.11. The number of halogens is 1. The maximum absolute atomic E-state index is 12.4. The SMILES string of the molecule is CC(C)C(C)NS(=O)(=O)c1cc(CNC2CC2)sc1Br.